The minimum atomic E-state index is -0.153. The summed E-state index contributed by atoms with van der Waals surface area (Å²) in [4.78, 5) is 13.2. The third-order valence-corrected chi connectivity index (χ3v) is 3.19. The fourth-order valence-electron chi connectivity index (χ4n) is 1.63. The molecule has 0 aliphatic carbocycles. The van der Waals surface area contributed by atoms with Crippen LogP contribution >= 0.6 is 0 Å². The molecule has 0 heterocycles. The summed E-state index contributed by atoms with van der Waals surface area (Å²) in [5, 5.41) is 0. The van der Waals surface area contributed by atoms with Gasteiger partial charge in [0.05, 0.1) is 5.56 Å². The van der Waals surface area contributed by atoms with E-state index in [0.717, 1.165) is 18.4 Å². The first-order valence-electron chi connectivity index (χ1n) is 6.41. The standard InChI is InChI=1S/C16H23NO2/c1-6-16(2,3)14-7-8-15(13(11-14)12-18)19-10-9-17(4)5/h6-8,11-12H,1,9-10H2,2-5H3. The van der Waals surface area contributed by atoms with Crippen molar-refractivity contribution in [1.82, 2.24) is 4.90 Å². The summed E-state index contributed by atoms with van der Waals surface area (Å²) in [5.74, 6) is 0.639. The van der Waals surface area contributed by atoms with Crippen molar-refractivity contribution >= 4 is 6.29 Å². The van der Waals surface area contributed by atoms with Crippen molar-refractivity contribution < 1.29 is 9.53 Å². The Balaban J connectivity index is 2.91. The van der Waals surface area contributed by atoms with Crippen molar-refractivity contribution in [3.63, 3.8) is 0 Å². The van der Waals surface area contributed by atoms with E-state index in [1.807, 2.05) is 43.3 Å². The average molecular weight is 261 g/mol. The van der Waals surface area contributed by atoms with Crippen molar-refractivity contribution in [2.45, 2.75) is 19.3 Å². The predicted molar refractivity (Wildman–Crippen MR) is 79.1 cm³/mol. The van der Waals surface area contributed by atoms with Gasteiger partial charge in [-0.25, -0.2) is 0 Å². The highest BCUT2D eigenvalue weighted by Crippen LogP contribution is 2.28. The van der Waals surface area contributed by atoms with Gasteiger partial charge >= 0.3 is 0 Å². The Morgan fingerprint density at radius 2 is 2.05 bits per heavy atom. The van der Waals surface area contributed by atoms with Crippen LogP contribution in [0.2, 0.25) is 0 Å². The molecule has 0 N–H and O–H groups in total. The zero-order valence-electron chi connectivity index (χ0n) is 12.3. The number of nitrogens with zero attached hydrogens (tertiary/aromatic N) is 1. The molecule has 1 aromatic rings. The van der Waals surface area contributed by atoms with Crippen molar-refractivity contribution in [1.29, 1.82) is 0 Å². The maximum atomic E-state index is 11.2. The van der Waals surface area contributed by atoms with Crippen molar-refractivity contribution in [3.8, 4) is 5.75 Å². The predicted octanol–water partition coefficient (Wildman–Crippen LogP) is 2.90. The number of rotatable bonds is 7. The van der Waals surface area contributed by atoms with Crippen LogP contribution in [0.25, 0.3) is 0 Å². The van der Waals surface area contributed by atoms with Gasteiger partial charge in [-0.3, -0.25) is 4.79 Å². The van der Waals surface area contributed by atoms with Crippen LogP contribution in [-0.4, -0.2) is 38.4 Å². The van der Waals surface area contributed by atoms with Crippen LogP contribution < -0.4 is 4.74 Å². The number of carbonyl (C=O) groups excluding carboxylic acids is 1. The molecule has 0 saturated heterocycles. The van der Waals surface area contributed by atoms with Gasteiger partial charge < -0.3 is 9.64 Å². The lowest BCUT2D eigenvalue weighted by Gasteiger charge is -2.21. The summed E-state index contributed by atoms with van der Waals surface area (Å²) < 4.78 is 5.64. The molecule has 0 atom stereocenters. The van der Waals surface area contributed by atoms with E-state index in [1.54, 1.807) is 0 Å². The minimum absolute atomic E-state index is 0.153. The average Bonchev–Trinajstić information content (AvgIpc) is 2.38. The van der Waals surface area contributed by atoms with Crippen LogP contribution in [0.1, 0.15) is 29.8 Å². The highest BCUT2D eigenvalue weighted by molar-refractivity contribution is 5.79. The first-order valence-corrected chi connectivity index (χ1v) is 6.41. The molecular weight excluding hydrogens is 238 g/mol. The molecule has 0 bridgehead atoms. The zero-order chi connectivity index (χ0) is 14.5. The number of likely N-dealkylation sites (N-methyl/N-ethyl adjacent to an activating group) is 1. The normalized spacial score (nSPS) is 11.4. The van der Waals surface area contributed by atoms with Crippen LogP contribution in [0, 0.1) is 0 Å². The maximum absolute atomic E-state index is 11.2. The van der Waals surface area contributed by atoms with Gasteiger partial charge in [-0.1, -0.05) is 26.0 Å². The highest BCUT2D eigenvalue weighted by atomic mass is 16.5. The topological polar surface area (TPSA) is 29.5 Å². The molecule has 1 rings (SSSR count). The van der Waals surface area contributed by atoms with Gasteiger partial charge in [-0.2, -0.15) is 0 Å². The summed E-state index contributed by atoms with van der Waals surface area (Å²) in [5.41, 5.74) is 1.50. The smallest absolute Gasteiger partial charge is 0.153 e. The van der Waals surface area contributed by atoms with Crippen LogP contribution in [0.4, 0.5) is 0 Å². The second-order valence-electron chi connectivity index (χ2n) is 5.45. The van der Waals surface area contributed by atoms with Gasteiger partial charge in [0.2, 0.25) is 0 Å². The Hall–Kier alpha value is -1.61. The third kappa shape index (κ3) is 4.21. The van der Waals surface area contributed by atoms with Crippen LogP contribution in [0.3, 0.4) is 0 Å². The Labute approximate surface area is 115 Å². The maximum Gasteiger partial charge on any atom is 0.153 e. The van der Waals surface area contributed by atoms with E-state index in [9.17, 15) is 4.79 Å². The fraction of sp³-hybridized carbons (Fsp3) is 0.438. The minimum Gasteiger partial charge on any atom is -0.492 e. The molecule has 1 aromatic carbocycles. The van der Waals surface area contributed by atoms with Crippen molar-refractivity contribution in [3.05, 3.63) is 42.0 Å². The SMILES string of the molecule is C=CC(C)(C)c1ccc(OCCN(C)C)c(C=O)c1. The van der Waals surface area contributed by atoms with Gasteiger partial charge in [0.15, 0.2) is 6.29 Å². The number of carbonyl (C=O) groups is 1. The molecule has 0 aromatic heterocycles. The lowest BCUT2D eigenvalue weighted by Crippen LogP contribution is -2.20. The summed E-state index contributed by atoms with van der Waals surface area (Å²) in [6.07, 6.45) is 2.72. The lowest BCUT2D eigenvalue weighted by atomic mass is 9.84. The monoisotopic (exact) mass is 261 g/mol. The Kier molecular flexibility index (Phi) is 5.31. The largest absolute Gasteiger partial charge is 0.492 e. The zero-order valence-corrected chi connectivity index (χ0v) is 12.3. The molecule has 0 spiro atoms. The van der Waals surface area contributed by atoms with E-state index >= 15 is 0 Å². The third-order valence-electron chi connectivity index (χ3n) is 3.19. The molecule has 0 fully saturated rings. The van der Waals surface area contributed by atoms with E-state index in [2.05, 4.69) is 20.4 Å². The number of aldehydes is 1. The van der Waals surface area contributed by atoms with E-state index in [-0.39, 0.29) is 5.41 Å². The van der Waals surface area contributed by atoms with E-state index < -0.39 is 0 Å². The van der Waals surface area contributed by atoms with E-state index in [0.29, 0.717) is 17.9 Å². The van der Waals surface area contributed by atoms with Crippen LogP contribution in [-0.2, 0) is 5.41 Å². The first-order chi connectivity index (χ1) is 8.90. The second kappa shape index (κ2) is 6.53. The number of benzene rings is 1. The van der Waals surface area contributed by atoms with E-state index in [4.69, 9.17) is 4.74 Å². The number of ether oxygens (including phenoxy) is 1. The molecule has 3 nitrogen and oxygen atoms in total. The number of allylic oxidation sites excluding steroid dienone is 1. The Bertz CT molecular complexity index is 450. The second-order valence-corrected chi connectivity index (χ2v) is 5.45. The molecule has 3 heteroatoms. The lowest BCUT2D eigenvalue weighted by molar-refractivity contribution is 0.111. The number of hydrogen-bond acceptors (Lipinski definition) is 3. The van der Waals surface area contributed by atoms with Crippen LogP contribution in [0.5, 0.6) is 5.75 Å². The van der Waals surface area contributed by atoms with Gasteiger partial charge in [-0.05, 0) is 31.8 Å². The molecular formula is C16H23NO2. The Morgan fingerprint density at radius 1 is 1.37 bits per heavy atom. The molecule has 104 valence electrons. The van der Waals surface area contributed by atoms with Gasteiger partial charge in [0.1, 0.15) is 12.4 Å². The fourth-order valence-corrected chi connectivity index (χ4v) is 1.63. The van der Waals surface area contributed by atoms with Crippen LogP contribution in [0.15, 0.2) is 30.9 Å². The quantitative estimate of drug-likeness (QED) is 0.558. The van der Waals surface area contributed by atoms with E-state index in [1.165, 1.54) is 0 Å². The van der Waals surface area contributed by atoms with Crippen molar-refractivity contribution in [2.24, 2.45) is 0 Å². The van der Waals surface area contributed by atoms with Crippen molar-refractivity contribution in [2.75, 3.05) is 27.2 Å². The van der Waals surface area contributed by atoms with Gasteiger partial charge in [0.25, 0.3) is 0 Å². The van der Waals surface area contributed by atoms with Gasteiger partial charge in [-0.15, -0.1) is 6.58 Å². The molecule has 0 aliphatic rings. The number of hydrogen-bond donors (Lipinski definition) is 0. The first kappa shape index (κ1) is 15.4. The molecule has 0 saturated carbocycles. The summed E-state index contributed by atoms with van der Waals surface area (Å²) in [6.45, 7) is 9.35. The highest BCUT2D eigenvalue weighted by Gasteiger charge is 2.17. The summed E-state index contributed by atoms with van der Waals surface area (Å²) in [7, 11) is 3.97. The molecule has 0 unspecified atom stereocenters. The molecule has 0 radical (unpaired) electrons. The molecule has 19 heavy (non-hydrogen) atoms. The summed E-state index contributed by atoms with van der Waals surface area (Å²) >= 11 is 0. The summed E-state index contributed by atoms with van der Waals surface area (Å²) in [6, 6.07) is 5.72. The molecule has 0 aliphatic heterocycles. The van der Waals surface area contributed by atoms with Gasteiger partial charge in [0, 0.05) is 12.0 Å². The molecule has 0 amide bonds. The Morgan fingerprint density at radius 3 is 2.58 bits per heavy atom.